The first-order valence-corrected chi connectivity index (χ1v) is 8.10. The molecule has 1 aliphatic carbocycles. The van der Waals surface area contributed by atoms with E-state index in [-0.39, 0.29) is 29.8 Å². The summed E-state index contributed by atoms with van der Waals surface area (Å²) in [5.41, 5.74) is 6.75. The Bertz CT molecular complexity index is 606. The van der Waals surface area contributed by atoms with Crippen molar-refractivity contribution in [1.82, 2.24) is 5.32 Å². The smallest absolute Gasteiger partial charge is 0.251 e. The van der Waals surface area contributed by atoms with E-state index in [1.54, 1.807) is 12.1 Å². The van der Waals surface area contributed by atoms with Gasteiger partial charge in [-0.25, -0.2) is 0 Å². The molecule has 1 aromatic rings. The number of anilines is 1. The van der Waals surface area contributed by atoms with Gasteiger partial charge in [0.25, 0.3) is 5.91 Å². The fourth-order valence-electron chi connectivity index (χ4n) is 2.60. The normalized spacial score (nSPS) is 19.3. The Morgan fingerprint density at radius 3 is 2.86 bits per heavy atom. The molecule has 0 spiro atoms. The minimum absolute atomic E-state index is 0. The topological polar surface area (TPSA) is 84.2 Å². The molecular formula is C15H20ClN3O2S. The van der Waals surface area contributed by atoms with Crippen molar-refractivity contribution in [2.24, 2.45) is 11.7 Å². The SMILES string of the molecule is CC(CN)(NC(=O)c1ccc2c(c1)NC(=O)CS2)C1CC1.Cl. The van der Waals surface area contributed by atoms with Crippen LogP contribution >= 0.6 is 24.2 Å². The van der Waals surface area contributed by atoms with Crippen LogP contribution in [0.1, 0.15) is 30.1 Å². The van der Waals surface area contributed by atoms with Crippen LogP contribution < -0.4 is 16.4 Å². The van der Waals surface area contributed by atoms with Crippen LogP contribution in [-0.4, -0.2) is 29.7 Å². The van der Waals surface area contributed by atoms with Gasteiger partial charge in [-0.05, 0) is 43.9 Å². The summed E-state index contributed by atoms with van der Waals surface area (Å²) in [7, 11) is 0. The van der Waals surface area contributed by atoms with E-state index >= 15 is 0 Å². The van der Waals surface area contributed by atoms with Gasteiger partial charge in [0, 0.05) is 17.0 Å². The van der Waals surface area contributed by atoms with E-state index < -0.39 is 0 Å². The molecule has 1 aliphatic heterocycles. The van der Waals surface area contributed by atoms with Crippen molar-refractivity contribution in [3.05, 3.63) is 23.8 Å². The highest BCUT2D eigenvalue weighted by Gasteiger charge is 2.41. The van der Waals surface area contributed by atoms with Crippen LogP contribution in [0.4, 0.5) is 5.69 Å². The zero-order chi connectivity index (χ0) is 15.0. The average molecular weight is 342 g/mol. The minimum Gasteiger partial charge on any atom is -0.345 e. The number of thioether (sulfide) groups is 1. The molecule has 0 radical (unpaired) electrons. The highest BCUT2D eigenvalue weighted by Crippen LogP contribution is 2.39. The number of fused-ring (bicyclic) bond motifs is 1. The molecule has 2 aliphatic rings. The van der Waals surface area contributed by atoms with E-state index in [0.717, 1.165) is 17.7 Å². The summed E-state index contributed by atoms with van der Waals surface area (Å²) >= 11 is 1.49. The zero-order valence-corrected chi connectivity index (χ0v) is 14.0. The standard InChI is InChI=1S/C15H19N3O2S.ClH/c1-15(8-16,10-3-4-10)18-14(20)9-2-5-12-11(6-9)17-13(19)7-21-12;/h2,5-6,10H,3-4,7-8,16H2,1H3,(H,17,19)(H,18,20);1H. The number of carbonyl (C=O) groups is 2. The largest absolute Gasteiger partial charge is 0.345 e. The lowest BCUT2D eigenvalue weighted by Gasteiger charge is -2.29. The predicted octanol–water partition coefficient (Wildman–Crippen LogP) is 2.01. The molecular weight excluding hydrogens is 322 g/mol. The molecule has 3 rings (SSSR count). The van der Waals surface area contributed by atoms with Gasteiger partial charge >= 0.3 is 0 Å². The number of nitrogens with two attached hydrogens (primary N) is 1. The fourth-order valence-corrected chi connectivity index (χ4v) is 3.38. The Hall–Kier alpha value is -1.24. The number of benzene rings is 1. The van der Waals surface area contributed by atoms with Gasteiger partial charge in [0.05, 0.1) is 17.0 Å². The summed E-state index contributed by atoms with van der Waals surface area (Å²) in [6, 6.07) is 5.41. The Morgan fingerprint density at radius 2 is 2.23 bits per heavy atom. The quantitative estimate of drug-likeness (QED) is 0.782. The molecule has 0 saturated heterocycles. The maximum absolute atomic E-state index is 12.4. The summed E-state index contributed by atoms with van der Waals surface area (Å²) < 4.78 is 0. The highest BCUT2D eigenvalue weighted by atomic mass is 35.5. The van der Waals surface area contributed by atoms with Crippen molar-refractivity contribution in [3.63, 3.8) is 0 Å². The number of rotatable bonds is 4. The molecule has 0 bridgehead atoms. The molecule has 22 heavy (non-hydrogen) atoms. The number of nitrogens with one attached hydrogen (secondary N) is 2. The number of halogens is 1. The third kappa shape index (κ3) is 3.39. The van der Waals surface area contributed by atoms with E-state index in [1.165, 1.54) is 11.8 Å². The highest BCUT2D eigenvalue weighted by molar-refractivity contribution is 8.00. The maximum Gasteiger partial charge on any atom is 0.251 e. The lowest BCUT2D eigenvalue weighted by Crippen LogP contribution is -2.53. The lowest BCUT2D eigenvalue weighted by molar-refractivity contribution is -0.113. The second-order valence-corrected chi connectivity index (χ2v) is 6.91. The molecule has 4 N–H and O–H groups in total. The summed E-state index contributed by atoms with van der Waals surface area (Å²) in [6.45, 7) is 2.43. The third-order valence-electron chi connectivity index (χ3n) is 4.18. The lowest BCUT2D eigenvalue weighted by atomic mass is 9.95. The Kier molecular flexibility index (Phi) is 5.04. The molecule has 1 unspecified atom stereocenters. The van der Waals surface area contributed by atoms with Gasteiger partial charge in [-0.15, -0.1) is 24.2 Å². The van der Waals surface area contributed by atoms with Gasteiger partial charge in [-0.3, -0.25) is 9.59 Å². The van der Waals surface area contributed by atoms with Gasteiger partial charge in [0.15, 0.2) is 0 Å². The van der Waals surface area contributed by atoms with E-state index in [4.69, 9.17) is 5.73 Å². The average Bonchev–Trinajstić information content (AvgIpc) is 3.31. The molecule has 7 heteroatoms. The van der Waals surface area contributed by atoms with Gasteiger partial charge in [0.2, 0.25) is 5.91 Å². The van der Waals surface area contributed by atoms with Crippen LogP contribution in [0.15, 0.2) is 23.1 Å². The van der Waals surface area contributed by atoms with Crippen LogP contribution in [0.2, 0.25) is 0 Å². The van der Waals surface area contributed by atoms with Crippen molar-refractivity contribution >= 4 is 41.7 Å². The first-order valence-electron chi connectivity index (χ1n) is 7.11. The molecule has 1 fully saturated rings. The number of hydrogen-bond acceptors (Lipinski definition) is 4. The Labute approximate surface area is 140 Å². The molecule has 120 valence electrons. The van der Waals surface area contributed by atoms with Crippen LogP contribution in [0.5, 0.6) is 0 Å². The second-order valence-electron chi connectivity index (χ2n) is 5.90. The van der Waals surface area contributed by atoms with Crippen molar-refractivity contribution in [1.29, 1.82) is 0 Å². The van der Waals surface area contributed by atoms with E-state index in [2.05, 4.69) is 10.6 Å². The zero-order valence-electron chi connectivity index (χ0n) is 12.3. The van der Waals surface area contributed by atoms with Gasteiger partial charge in [-0.2, -0.15) is 0 Å². The number of hydrogen-bond donors (Lipinski definition) is 3. The van der Waals surface area contributed by atoms with Crippen molar-refractivity contribution in [2.45, 2.75) is 30.2 Å². The number of carbonyl (C=O) groups excluding carboxylic acids is 2. The first-order chi connectivity index (χ1) is 10.0. The third-order valence-corrected chi connectivity index (χ3v) is 5.25. The van der Waals surface area contributed by atoms with Gasteiger partial charge in [0.1, 0.15) is 0 Å². The van der Waals surface area contributed by atoms with Crippen molar-refractivity contribution in [2.75, 3.05) is 17.6 Å². The fraction of sp³-hybridized carbons (Fsp3) is 0.467. The van der Waals surface area contributed by atoms with Gasteiger partial charge < -0.3 is 16.4 Å². The molecule has 0 aromatic heterocycles. The monoisotopic (exact) mass is 341 g/mol. The molecule has 1 aromatic carbocycles. The summed E-state index contributed by atoms with van der Waals surface area (Å²) in [5.74, 6) is 0.725. The summed E-state index contributed by atoms with van der Waals surface area (Å²) in [6.07, 6.45) is 2.23. The van der Waals surface area contributed by atoms with Crippen LogP contribution in [-0.2, 0) is 4.79 Å². The Morgan fingerprint density at radius 1 is 1.50 bits per heavy atom. The molecule has 1 saturated carbocycles. The first kappa shape index (κ1) is 17.1. The Balaban J connectivity index is 0.00000176. The van der Waals surface area contributed by atoms with Gasteiger partial charge in [-0.1, -0.05) is 0 Å². The van der Waals surface area contributed by atoms with Crippen LogP contribution in [0.3, 0.4) is 0 Å². The maximum atomic E-state index is 12.4. The molecule has 2 amide bonds. The summed E-state index contributed by atoms with van der Waals surface area (Å²) in [5, 5.41) is 5.86. The second kappa shape index (κ2) is 6.48. The molecule has 5 nitrogen and oxygen atoms in total. The number of amides is 2. The van der Waals surface area contributed by atoms with E-state index in [1.807, 2.05) is 13.0 Å². The van der Waals surface area contributed by atoms with E-state index in [9.17, 15) is 9.59 Å². The van der Waals surface area contributed by atoms with E-state index in [0.29, 0.717) is 29.5 Å². The van der Waals surface area contributed by atoms with Crippen LogP contribution in [0.25, 0.3) is 0 Å². The predicted molar refractivity (Wildman–Crippen MR) is 90.7 cm³/mol. The van der Waals surface area contributed by atoms with Crippen molar-refractivity contribution in [3.8, 4) is 0 Å². The molecule has 1 atom stereocenters. The molecule has 1 heterocycles. The van der Waals surface area contributed by atoms with Crippen molar-refractivity contribution < 1.29 is 9.59 Å². The minimum atomic E-state index is -0.342. The van der Waals surface area contributed by atoms with Crippen LogP contribution in [0, 0.1) is 5.92 Å². The summed E-state index contributed by atoms with van der Waals surface area (Å²) in [4.78, 5) is 24.9.